The van der Waals surface area contributed by atoms with Gasteiger partial charge >= 0.3 is 0 Å². The van der Waals surface area contributed by atoms with Gasteiger partial charge in [0.2, 0.25) is 5.95 Å². The van der Waals surface area contributed by atoms with Crippen molar-refractivity contribution in [1.29, 1.82) is 0 Å². The summed E-state index contributed by atoms with van der Waals surface area (Å²) in [7, 11) is 1.67. The van der Waals surface area contributed by atoms with Gasteiger partial charge in [-0.1, -0.05) is 18.2 Å². The molecule has 0 radical (unpaired) electrons. The van der Waals surface area contributed by atoms with Gasteiger partial charge in [-0.25, -0.2) is 0 Å². The molecule has 6 heteroatoms. The first-order valence-corrected chi connectivity index (χ1v) is 6.74. The topological polar surface area (TPSA) is 77.5 Å². The van der Waals surface area contributed by atoms with Gasteiger partial charge in [0.25, 0.3) is 0 Å². The molecule has 0 bridgehead atoms. The van der Waals surface area contributed by atoms with E-state index >= 15 is 0 Å². The van der Waals surface area contributed by atoms with Crippen LogP contribution in [0.15, 0.2) is 42.5 Å². The monoisotopic (exact) mass is 283 g/mol. The van der Waals surface area contributed by atoms with Crippen molar-refractivity contribution in [3.8, 4) is 5.75 Å². The van der Waals surface area contributed by atoms with Gasteiger partial charge in [0, 0.05) is 6.54 Å². The van der Waals surface area contributed by atoms with Gasteiger partial charge in [-0.3, -0.25) is 0 Å². The summed E-state index contributed by atoms with van der Waals surface area (Å²) < 4.78 is 6.86. The highest BCUT2D eigenvalue weighted by molar-refractivity contribution is 5.50. The molecule has 0 saturated heterocycles. The minimum Gasteiger partial charge on any atom is -0.497 e. The second kappa shape index (κ2) is 5.70. The molecule has 108 valence electrons. The van der Waals surface area contributed by atoms with Crippen LogP contribution in [0.1, 0.15) is 5.56 Å². The van der Waals surface area contributed by atoms with E-state index in [0.717, 1.165) is 30.2 Å². The number of aromatic nitrogens is 3. The fourth-order valence-corrected chi connectivity index (χ4v) is 2.18. The zero-order chi connectivity index (χ0) is 14.7. The molecule has 3 rings (SSSR count). The highest BCUT2D eigenvalue weighted by Crippen LogP contribution is 2.13. The number of nitrogens with two attached hydrogens (primary N) is 1. The number of pyridine rings is 1. The van der Waals surface area contributed by atoms with Crippen LogP contribution in [-0.4, -0.2) is 28.3 Å². The Bertz CT molecular complexity index is 735. The van der Waals surface area contributed by atoms with E-state index in [9.17, 15) is 0 Å². The van der Waals surface area contributed by atoms with Crippen LogP contribution in [0.5, 0.6) is 5.75 Å². The molecule has 6 nitrogen and oxygen atoms in total. The third kappa shape index (κ3) is 2.89. The lowest BCUT2D eigenvalue weighted by Gasteiger charge is -2.08. The maximum Gasteiger partial charge on any atom is 0.240 e. The summed E-state index contributed by atoms with van der Waals surface area (Å²) >= 11 is 0. The largest absolute Gasteiger partial charge is 0.497 e. The van der Waals surface area contributed by atoms with Crippen LogP contribution in [-0.2, 0) is 6.42 Å². The first-order chi connectivity index (χ1) is 10.3. The van der Waals surface area contributed by atoms with Crippen LogP contribution in [0.4, 0.5) is 11.8 Å². The van der Waals surface area contributed by atoms with Crippen molar-refractivity contribution in [3.63, 3.8) is 0 Å². The molecule has 0 atom stereocenters. The van der Waals surface area contributed by atoms with E-state index in [1.54, 1.807) is 11.6 Å². The molecule has 0 aliphatic rings. The summed E-state index contributed by atoms with van der Waals surface area (Å²) in [6.07, 6.45) is 0.907. The van der Waals surface area contributed by atoms with Crippen molar-refractivity contribution in [3.05, 3.63) is 48.0 Å². The van der Waals surface area contributed by atoms with E-state index in [4.69, 9.17) is 10.5 Å². The molecule has 0 fully saturated rings. The van der Waals surface area contributed by atoms with Crippen LogP contribution < -0.4 is 15.8 Å². The minimum absolute atomic E-state index is 0.277. The normalized spacial score (nSPS) is 10.7. The number of nitrogens with zero attached hydrogens (tertiary/aromatic N) is 3. The van der Waals surface area contributed by atoms with E-state index in [-0.39, 0.29) is 5.95 Å². The minimum atomic E-state index is 0.277. The van der Waals surface area contributed by atoms with Crippen LogP contribution in [0.2, 0.25) is 0 Å². The molecule has 0 saturated carbocycles. The number of ether oxygens (including phenoxy) is 1. The van der Waals surface area contributed by atoms with Gasteiger partial charge in [-0.2, -0.15) is 9.50 Å². The predicted octanol–water partition coefficient (Wildman–Crippen LogP) is 1.97. The van der Waals surface area contributed by atoms with E-state index in [1.165, 1.54) is 5.56 Å². The van der Waals surface area contributed by atoms with Gasteiger partial charge in [-0.05, 0) is 36.2 Å². The molecule has 0 aliphatic carbocycles. The average Bonchev–Trinajstić information content (AvgIpc) is 2.89. The molecule has 0 spiro atoms. The Labute approximate surface area is 122 Å². The summed E-state index contributed by atoms with van der Waals surface area (Å²) in [4.78, 5) is 4.13. The maximum absolute atomic E-state index is 5.62. The van der Waals surface area contributed by atoms with Crippen molar-refractivity contribution in [2.75, 3.05) is 24.7 Å². The number of nitrogens with one attached hydrogen (secondary N) is 1. The zero-order valence-corrected chi connectivity index (χ0v) is 11.8. The Morgan fingerprint density at radius 3 is 2.76 bits per heavy atom. The van der Waals surface area contributed by atoms with E-state index in [2.05, 4.69) is 27.5 Å². The average molecular weight is 283 g/mol. The van der Waals surface area contributed by atoms with E-state index in [0.29, 0.717) is 0 Å². The first-order valence-electron chi connectivity index (χ1n) is 6.74. The highest BCUT2D eigenvalue weighted by Gasteiger charge is 2.04. The molecule has 2 heterocycles. The van der Waals surface area contributed by atoms with Gasteiger partial charge < -0.3 is 15.8 Å². The van der Waals surface area contributed by atoms with Crippen molar-refractivity contribution < 1.29 is 4.74 Å². The summed E-state index contributed by atoms with van der Waals surface area (Å²) in [5, 5.41) is 7.52. The fraction of sp³-hybridized carbons (Fsp3) is 0.200. The fourth-order valence-electron chi connectivity index (χ4n) is 2.18. The quantitative estimate of drug-likeness (QED) is 0.748. The second-order valence-corrected chi connectivity index (χ2v) is 4.68. The predicted molar refractivity (Wildman–Crippen MR) is 82.6 cm³/mol. The maximum atomic E-state index is 5.62. The third-order valence-electron chi connectivity index (χ3n) is 3.25. The van der Waals surface area contributed by atoms with Crippen molar-refractivity contribution in [1.82, 2.24) is 14.6 Å². The first kappa shape index (κ1) is 13.2. The van der Waals surface area contributed by atoms with Crippen molar-refractivity contribution >= 4 is 17.4 Å². The molecule has 3 aromatic rings. The Kier molecular flexibility index (Phi) is 3.59. The highest BCUT2D eigenvalue weighted by atomic mass is 16.5. The Balaban J connectivity index is 1.66. The Morgan fingerprint density at radius 1 is 1.19 bits per heavy atom. The van der Waals surface area contributed by atoms with Gasteiger partial charge in [0.1, 0.15) is 11.6 Å². The summed E-state index contributed by atoms with van der Waals surface area (Å²) in [6, 6.07) is 13.8. The SMILES string of the molecule is COc1ccc(CCNc2cccc3nc(N)nn23)cc1. The lowest BCUT2D eigenvalue weighted by molar-refractivity contribution is 0.414. The number of nitrogen functional groups attached to an aromatic ring is 1. The van der Waals surface area contributed by atoms with Gasteiger partial charge in [0.15, 0.2) is 5.65 Å². The van der Waals surface area contributed by atoms with E-state index in [1.807, 2.05) is 30.3 Å². The summed E-state index contributed by atoms with van der Waals surface area (Å²) in [6.45, 7) is 0.797. The van der Waals surface area contributed by atoms with Crippen LogP contribution >= 0.6 is 0 Å². The molecule has 21 heavy (non-hydrogen) atoms. The molecular formula is C15H17N5O. The van der Waals surface area contributed by atoms with Crippen molar-refractivity contribution in [2.24, 2.45) is 0 Å². The molecule has 0 unspecified atom stereocenters. The molecule has 3 N–H and O–H groups in total. The molecule has 0 amide bonds. The van der Waals surface area contributed by atoms with Crippen LogP contribution in [0, 0.1) is 0 Å². The Hall–Kier alpha value is -2.76. The van der Waals surface area contributed by atoms with Gasteiger partial charge in [-0.15, -0.1) is 5.10 Å². The lowest BCUT2D eigenvalue weighted by atomic mass is 10.1. The third-order valence-corrected chi connectivity index (χ3v) is 3.25. The van der Waals surface area contributed by atoms with Gasteiger partial charge in [0.05, 0.1) is 7.11 Å². The number of fused-ring (bicyclic) bond motifs is 1. The number of hydrogen-bond acceptors (Lipinski definition) is 5. The molecule has 1 aromatic carbocycles. The summed E-state index contributed by atoms with van der Waals surface area (Å²) in [5.74, 6) is 2.03. The number of rotatable bonds is 5. The number of hydrogen-bond donors (Lipinski definition) is 2. The molecule has 0 aliphatic heterocycles. The van der Waals surface area contributed by atoms with Crippen LogP contribution in [0.3, 0.4) is 0 Å². The summed E-state index contributed by atoms with van der Waals surface area (Å²) in [5.41, 5.74) is 7.61. The smallest absolute Gasteiger partial charge is 0.240 e. The molecular weight excluding hydrogens is 266 g/mol. The Morgan fingerprint density at radius 2 is 2.00 bits per heavy atom. The van der Waals surface area contributed by atoms with E-state index < -0.39 is 0 Å². The second-order valence-electron chi connectivity index (χ2n) is 4.68. The lowest BCUT2D eigenvalue weighted by Crippen LogP contribution is -2.08. The number of benzene rings is 1. The molecule has 2 aromatic heterocycles. The number of methoxy groups -OCH3 is 1. The number of anilines is 2. The standard InChI is InChI=1S/C15H17N5O/c1-21-12-7-5-11(6-8-12)9-10-17-13-3-2-4-14-18-15(16)19-20(13)14/h2-8,17H,9-10H2,1H3,(H2,16,19). The van der Waals surface area contributed by atoms with Crippen LogP contribution in [0.25, 0.3) is 5.65 Å². The zero-order valence-electron chi connectivity index (χ0n) is 11.8. The van der Waals surface area contributed by atoms with Crippen molar-refractivity contribution in [2.45, 2.75) is 6.42 Å².